The van der Waals surface area contributed by atoms with Crippen LogP contribution >= 0.6 is 11.6 Å². The summed E-state index contributed by atoms with van der Waals surface area (Å²) in [5, 5.41) is 7.01. The van der Waals surface area contributed by atoms with Gasteiger partial charge in [0.1, 0.15) is 12.1 Å². The molecule has 0 aliphatic carbocycles. The molecule has 6 rings (SSSR count). The van der Waals surface area contributed by atoms with E-state index in [9.17, 15) is 18.0 Å². The summed E-state index contributed by atoms with van der Waals surface area (Å²) in [7, 11) is -3.43. The lowest BCUT2D eigenvalue weighted by Crippen LogP contribution is -2.61. The first-order valence-corrected chi connectivity index (χ1v) is 17.3. The minimum Gasteiger partial charge on any atom is -0.368 e. The highest BCUT2D eigenvalue weighted by Crippen LogP contribution is 2.47. The van der Waals surface area contributed by atoms with Crippen LogP contribution in [0.5, 0.6) is 0 Å². The summed E-state index contributed by atoms with van der Waals surface area (Å²) in [5.74, 6) is -0.343. The molecule has 3 aromatic rings. The highest BCUT2D eigenvalue weighted by Gasteiger charge is 2.48. The van der Waals surface area contributed by atoms with Crippen molar-refractivity contribution in [1.29, 1.82) is 0 Å². The fraction of sp³-hybridized carbons (Fsp3) is 0.394. The number of amides is 2. The molecule has 2 saturated heterocycles. The van der Waals surface area contributed by atoms with Crippen LogP contribution in [0.25, 0.3) is 0 Å². The van der Waals surface area contributed by atoms with Crippen LogP contribution in [0.2, 0.25) is 5.02 Å². The molecule has 2 N–H and O–H groups in total. The monoisotopic (exact) mass is 635 g/mol. The molecule has 0 bridgehead atoms. The van der Waals surface area contributed by atoms with Gasteiger partial charge in [0, 0.05) is 61.8 Å². The molecule has 3 aliphatic rings. The predicted molar refractivity (Wildman–Crippen MR) is 174 cm³/mol. The quantitative estimate of drug-likeness (QED) is 0.414. The first-order valence-electron chi connectivity index (χ1n) is 15.1. The number of hydrogen-bond donors (Lipinski definition) is 2. The van der Waals surface area contributed by atoms with Gasteiger partial charge in [-0.1, -0.05) is 60.1 Å². The second-order valence-electron chi connectivity index (χ2n) is 12.1. The van der Waals surface area contributed by atoms with Crippen LogP contribution in [-0.2, 0) is 31.4 Å². The summed E-state index contributed by atoms with van der Waals surface area (Å²) in [4.78, 5) is 31.7. The Bertz CT molecular complexity index is 1610. The van der Waals surface area contributed by atoms with E-state index in [-0.39, 0.29) is 17.2 Å². The van der Waals surface area contributed by atoms with E-state index >= 15 is 0 Å². The van der Waals surface area contributed by atoms with Gasteiger partial charge in [-0.3, -0.25) is 13.9 Å². The Morgan fingerprint density at radius 3 is 2.36 bits per heavy atom. The molecule has 2 fully saturated rings. The van der Waals surface area contributed by atoms with Gasteiger partial charge in [0.25, 0.3) is 0 Å². The normalized spacial score (nSPS) is 20.3. The Hall–Kier alpha value is -3.60. The second kappa shape index (κ2) is 12.4. The molecule has 2 atom stereocenters. The van der Waals surface area contributed by atoms with Crippen molar-refractivity contribution in [2.75, 3.05) is 54.7 Å². The van der Waals surface area contributed by atoms with Gasteiger partial charge in [-0.2, -0.15) is 0 Å². The van der Waals surface area contributed by atoms with Crippen LogP contribution in [-0.4, -0.2) is 82.7 Å². The zero-order valence-corrected chi connectivity index (χ0v) is 26.4. The summed E-state index contributed by atoms with van der Waals surface area (Å²) in [6.45, 7) is 3.27. The van der Waals surface area contributed by atoms with Gasteiger partial charge < -0.3 is 20.4 Å². The number of para-hydroxylation sites is 2. The molecule has 3 aromatic carbocycles. The lowest BCUT2D eigenvalue weighted by molar-refractivity contribution is -0.138. The maximum Gasteiger partial charge on any atom is 0.245 e. The highest BCUT2D eigenvalue weighted by atomic mass is 35.5. The number of piperazine rings is 1. The van der Waals surface area contributed by atoms with Crippen molar-refractivity contribution in [3.63, 3.8) is 0 Å². The fourth-order valence-corrected chi connectivity index (χ4v) is 7.94. The molecule has 3 heterocycles. The number of nitrogens with one attached hydrogen (secondary N) is 2. The van der Waals surface area contributed by atoms with E-state index in [0.29, 0.717) is 57.0 Å². The van der Waals surface area contributed by atoms with Gasteiger partial charge in [0.05, 0.1) is 11.9 Å². The molecule has 9 nitrogen and oxygen atoms in total. The molecule has 11 heteroatoms. The van der Waals surface area contributed by atoms with Crippen molar-refractivity contribution >= 4 is 44.8 Å². The highest BCUT2D eigenvalue weighted by molar-refractivity contribution is 7.92. The second-order valence-corrected chi connectivity index (χ2v) is 14.4. The molecular formula is C33H38ClN5O4S. The van der Waals surface area contributed by atoms with Crippen molar-refractivity contribution in [3.05, 3.63) is 95.0 Å². The van der Waals surface area contributed by atoms with Gasteiger partial charge in [-0.25, -0.2) is 8.42 Å². The summed E-state index contributed by atoms with van der Waals surface area (Å²) < 4.78 is 26.7. The molecule has 44 heavy (non-hydrogen) atoms. The molecule has 232 valence electrons. The minimum atomic E-state index is -3.43. The Kier molecular flexibility index (Phi) is 8.59. The maximum absolute atomic E-state index is 14.1. The van der Waals surface area contributed by atoms with E-state index in [1.54, 1.807) is 12.1 Å². The Labute approximate surface area is 264 Å². The van der Waals surface area contributed by atoms with Crippen molar-refractivity contribution in [1.82, 2.24) is 15.5 Å². The predicted octanol–water partition coefficient (Wildman–Crippen LogP) is 3.19. The Morgan fingerprint density at radius 1 is 0.977 bits per heavy atom. The van der Waals surface area contributed by atoms with Crippen LogP contribution in [0.1, 0.15) is 24.0 Å². The number of rotatable bonds is 7. The Morgan fingerprint density at radius 2 is 1.66 bits per heavy atom. The van der Waals surface area contributed by atoms with Gasteiger partial charge in [0.15, 0.2) is 0 Å². The van der Waals surface area contributed by atoms with Crippen LogP contribution in [0.15, 0.2) is 78.9 Å². The number of sulfonamides is 1. The van der Waals surface area contributed by atoms with Crippen LogP contribution < -0.4 is 19.8 Å². The number of hydrogen-bond acceptors (Lipinski definition) is 6. The summed E-state index contributed by atoms with van der Waals surface area (Å²) in [6, 6.07) is 23.8. The van der Waals surface area contributed by atoms with E-state index in [1.807, 2.05) is 71.6 Å². The van der Waals surface area contributed by atoms with E-state index < -0.39 is 22.1 Å². The third-order valence-corrected chi connectivity index (χ3v) is 10.6. The van der Waals surface area contributed by atoms with Crippen molar-refractivity contribution in [2.45, 2.75) is 36.8 Å². The average Bonchev–Trinajstić information content (AvgIpc) is 3.36. The van der Waals surface area contributed by atoms with E-state index in [4.69, 9.17) is 11.6 Å². The zero-order chi connectivity index (χ0) is 30.9. The number of carbonyl (C=O) groups excluding carboxylic acids is 2. The average molecular weight is 636 g/mol. The first-order chi connectivity index (χ1) is 21.1. The molecule has 0 saturated carbocycles. The standard InChI is InChI=1S/C33H38ClN5O4S/c1-44(42,43)39-23-33(27-9-5-6-10-30(27)39)15-18-37(19-16-33)32(41)28(21-24-11-13-25(34)14-12-24)36-31(40)29-22-38(20-17-35-29)26-7-3-2-4-8-26/h2-14,28-29,35H,15-23H2,1H3,(H,36,40). The smallest absolute Gasteiger partial charge is 0.245 e. The zero-order valence-electron chi connectivity index (χ0n) is 24.8. The number of carbonyl (C=O) groups is 2. The van der Waals surface area contributed by atoms with Crippen molar-refractivity contribution in [2.24, 2.45) is 0 Å². The van der Waals surface area contributed by atoms with Gasteiger partial charge in [-0.15, -0.1) is 0 Å². The number of anilines is 2. The molecule has 1 spiro atoms. The molecule has 2 unspecified atom stereocenters. The summed E-state index contributed by atoms with van der Waals surface area (Å²) in [5.41, 5.74) is 3.36. The molecule has 0 radical (unpaired) electrons. The molecular weight excluding hydrogens is 598 g/mol. The Balaban J connectivity index is 1.18. The molecule has 2 amide bonds. The number of benzene rings is 3. The number of piperidine rings is 1. The van der Waals surface area contributed by atoms with Gasteiger partial charge in [0.2, 0.25) is 21.8 Å². The van der Waals surface area contributed by atoms with Gasteiger partial charge >= 0.3 is 0 Å². The van der Waals surface area contributed by atoms with Crippen LogP contribution in [0.4, 0.5) is 11.4 Å². The van der Waals surface area contributed by atoms with E-state index in [2.05, 4.69) is 15.5 Å². The summed E-state index contributed by atoms with van der Waals surface area (Å²) >= 11 is 6.12. The maximum atomic E-state index is 14.1. The SMILES string of the molecule is CS(=O)(=O)N1CC2(CCN(C(=O)C(Cc3ccc(Cl)cc3)NC(=O)C3CN(c4ccccc4)CCN3)CC2)c2ccccc21. The minimum absolute atomic E-state index is 0.134. The third-order valence-electron chi connectivity index (χ3n) is 9.20. The van der Waals surface area contributed by atoms with Crippen molar-refractivity contribution < 1.29 is 18.0 Å². The lowest BCUT2D eigenvalue weighted by atomic mass is 9.74. The van der Waals surface area contributed by atoms with E-state index in [0.717, 1.165) is 29.0 Å². The van der Waals surface area contributed by atoms with Crippen LogP contribution in [0.3, 0.4) is 0 Å². The number of likely N-dealkylation sites (tertiary alicyclic amines) is 1. The number of nitrogens with zero attached hydrogens (tertiary/aromatic N) is 3. The molecule has 3 aliphatic heterocycles. The topological polar surface area (TPSA) is 102 Å². The summed E-state index contributed by atoms with van der Waals surface area (Å²) in [6.07, 6.45) is 2.86. The third kappa shape index (κ3) is 6.29. The van der Waals surface area contributed by atoms with Crippen LogP contribution in [0, 0.1) is 0 Å². The number of fused-ring (bicyclic) bond motifs is 2. The largest absolute Gasteiger partial charge is 0.368 e. The van der Waals surface area contributed by atoms with E-state index in [1.165, 1.54) is 10.6 Å². The van der Waals surface area contributed by atoms with Gasteiger partial charge in [-0.05, 0) is 54.3 Å². The molecule has 0 aromatic heterocycles. The van der Waals surface area contributed by atoms with Crippen molar-refractivity contribution in [3.8, 4) is 0 Å². The number of halogens is 1. The fourth-order valence-electron chi connectivity index (χ4n) is 6.81. The first kappa shape index (κ1) is 30.4. The lowest BCUT2D eigenvalue weighted by Gasteiger charge is -2.41.